The number of carbonyl (C=O) groups is 2. The van der Waals surface area contributed by atoms with Crippen molar-refractivity contribution >= 4 is 11.8 Å². The number of rotatable bonds is 8. The lowest BCUT2D eigenvalue weighted by molar-refractivity contribution is 0.0402. The van der Waals surface area contributed by atoms with E-state index in [1.54, 1.807) is 24.3 Å². The van der Waals surface area contributed by atoms with Crippen LogP contribution in [0.15, 0.2) is 54.6 Å². The van der Waals surface area contributed by atoms with Gasteiger partial charge in [0.05, 0.1) is 23.8 Å². The molecule has 0 spiro atoms. The van der Waals surface area contributed by atoms with Crippen LogP contribution >= 0.6 is 0 Å². The van der Waals surface area contributed by atoms with Crippen LogP contribution in [-0.4, -0.2) is 52.0 Å². The van der Waals surface area contributed by atoms with Crippen LogP contribution < -0.4 is 0 Å². The fourth-order valence-electron chi connectivity index (χ4n) is 4.01. The summed E-state index contributed by atoms with van der Waals surface area (Å²) in [5, 5.41) is 10.7. The van der Waals surface area contributed by atoms with Crippen molar-refractivity contribution < 1.29 is 14.7 Å². The smallest absolute Gasteiger partial charge is 0.261 e. The molecule has 1 heterocycles. The van der Waals surface area contributed by atoms with Crippen LogP contribution in [0.2, 0.25) is 0 Å². The van der Waals surface area contributed by atoms with E-state index in [9.17, 15) is 14.7 Å². The first kappa shape index (κ1) is 18.8. The third-order valence-electron chi connectivity index (χ3n) is 5.83. The highest BCUT2D eigenvalue weighted by atomic mass is 16.3. The monoisotopic (exact) mass is 378 g/mol. The van der Waals surface area contributed by atoms with Gasteiger partial charge in [-0.05, 0) is 43.4 Å². The molecule has 146 valence electrons. The Bertz CT molecular complexity index is 828. The highest BCUT2D eigenvalue weighted by Gasteiger charge is 2.37. The minimum atomic E-state index is -0.785. The molecule has 0 radical (unpaired) electrons. The first-order chi connectivity index (χ1) is 13.5. The Kier molecular flexibility index (Phi) is 5.29. The SMILES string of the molecule is C[C@@H](C1CC1)N(Cc1ccccc1)C[C@H](O)CN1C(=O)c2ccccc2C1=O. The van der Waals surface area contributed by atoms with Crippen LogP contribution in [-0.2, 0) is 6.54 Å². The van der Waals surface area contributed by atoms with Crippen LogP contribution in [0.25, 0.3) is 0 Å². The van der Waals surface area contributed by atoms with E-state index >= 15 is 0 Å². The number of imide groups is 1. The van der Waals surface area contributed by atoms with Gasteiger partial charge in [0, 0.05) is 19.1 Å². The summed E-state index contributed by atoms with van der Waals surface area (Å²) in [6.07, 6.45) is 1.66. The van der Waals surface area contributed by atoms with E-state index in [4.69, 9.17) is 0 Å². The van der Waals surface area contributed by atoms with Gasteiger partial charge < -0.3 is 5.11 Å². The van der Waals surface area contributed by atoms with Crippen molar-refractivity contribution in [3.8, 4) is 0 Å². The molecule has 1 saturated carbocycles. The second kappa shape index (κ2) is 7.86. The topological polar surface area (TPSA) is 60.9 Å². The van der Waals surface area contributed by atoms with Gasteiger partial charge in [-0.25, -0.2) is 0 Å². The molecule has 1 aliphatic heterocycles. The second-order valence-corrected chi connectivity index (χ2v) is 7.91. The van der Waals surface area contributed by atoms with E-state index in [0.29, 0.717) is 29.6 Å². The van der Waals surface area contributed by atoms with Gasteiger partial charge in [0.15, 0.2) is 0 Å². The normalized spacial score (nSPS) is 18.5. The number of amides is 2. The lowest BCUT2D eigenvalue weighted by Crippen LogP contribution is -2.45. The summed E-state index contributed by atoms with van der Waals surface area (Å²) in [5.74, 6) is 0.0317. The van der Waals surface area contributed by atoms with E-state index in [-0.39, 0.29) is 18.4 Å². The molecule has 5 nitrogen and oxygen atoms in total. The minimum Gasteiger partial charge on any atom is -0.390 e. The Morgan fingerprint density at radius 2 is 1.57 bits per heavy atom. The minimum absolute atomic E-state index is 0.0228. The maximum Gasteiger partial charge on any atom is 0.261 e. The number of hydrogen-bond acceptors (Lipinski definition) is 4. The van der Waals surface area contributed by atoms with Crippen molar-refractivity contribution in [1.29, 1.82) is 0 Å². The summed E-state index contributed by atoms with van der Waals surface area (Å²) in [6, 6.07) is 17.4. The number of β-amino-alcohol motifs (C(OH)–C–C–N with tert-alkyl or cyclic N) is 1. The third kappa shape index (κ3) is 3.86. The highest BCUT2D eigenvalue weighted by molar-refractivity contribution is 6.21. The Balaban J connectivity index is 1.44. The van der Waals surface area contributed by atoms with Crippen molar-refractivity contribution in [2.24, 2.45) is 5.92 Å². The standard InChI is InChI=1S/C23H26N2O3/c1-16(18-11-12-18)24(13-17-7-3-2-4-8-17)14-19(26)15-25-22(27)20-9-5-6-10-21(20)23(25)28/h2-10,16,18-19,26H,11-15H2,1H3/t16-,19-/m0/s1. The largest absolute Gasteiger partial charge is 0.390 e. The fraction of sp³-hybridized carbons (Fsp3) is 0.391. The number of carbonyl (C=O) groups excluding carboxylic acids is 2. The molecule has 1 N–H and O–H groups in total. The van der Waals surface area contributed by atoms with Crippen molar-refractivity contribution in [2.45, 2.75) is 38.5 Å². The quantitative estimate of drug-likeness (QED) is 0.718. The van der Waals surface area contributed by atoms with Gasteiger partial charge in [0.25, 0.3) is 11.8 Å². The molecule has 0 aromatic heterocycles. The lowest BCUT2D eigenvalue weighted by Gasteiger charge is -2.32. The van der Waals surface area contributed by atoms with E-state index in [1.165, 1.54) is 23.3 Å². The molecule has 2 amide bonds. The molecule has 2 aliphatic rings. The first-order valence-corrected chi connectivity index (χ1v) is 9.96. The predicted octanol–water partition coefficient (Wildman–Crippen LogP) is 2.94. The van der Waals surface area contributed by atoms with E-state index in [2.05, 4.69) is 24.0 Å². The number of fused-ring (bicyclic) bond motifs is 1. The molecule has 2 atom stereocenters. The molecule has 28 heavy (non-hydrogen) atoms. The molecule has 5 heteroatoms. The summed E-state index contributed by atoms with van der Waals surface area (Å²) >= 11 is 0. The van der Waals surface area contributed by atoms with Crippen LogP contribution in [0.4, 0.5) is 0 Å². The Morgan fingerprint density at radius 3 is 2.14 bits per heavy atom. The molecule has 0 bridgehead atoms. The Morgan fingerprint density at radius 1 is 1.00 bits per heavy atom. The average Bonchev–Trinajstić information content (AvgIpc) is 3.53. The van der Waals surface area contributed by atoms with Gasteiger partial charge in [0.2, 0.25) is 0 Å². The zero-order valence-electron chi connectivity index (χ0n) is 16.1. The molecule has 2 aromatic rings. The van der Waals surface area contributed by atoms with Crippen LogP contribution in [0, 0.1) is 5.92 Å². The average molecular weight is 378 g/mol. The summed E-state index contributed by atoms with van der Waals surface area (Å²) in [6.45, 7) is 3.40. The molecule has 1 aliphatic carbocycles. The zero-order valence-corrected chi connectivity index (χ0v) is 16.1. The van der Waals surface area contributed by atoms with Crippen molar-refractivity contribution in [3.05, 3.63) is 71.3 Å². The van der Waals surface area contributed by atoms with E-state index in [0.717, 1.165) is 6.54 Å². The van der Waals surface area contributed by atoms with Gasteiger partial charge in [-0.15, -0.1) is 0 Å². The summed E-state index contributed by atoms with van der Waals surface area (Å²) in [4.78, 5) is 28.6. The number of aliphatic hydroxyl groups is 1. The number of benzene rings is 2. The van der Waals surface area contributed by atoms with E-state index < -0.39 is 6.10 Å². The van der Waals surface area contributed by atoms with Gasteiger partial charge in [0.1, 0.15) is 0 Å². The summed E-state index contributed by atoms with van der Waals surface area (Å²) in [5.41, 5.74) is 2.04. The third-order valence-corrected chi connectivity index (χ3v) is 5.83. The van der Waals surface area contributed by atoms with Gasteiger partial charge >= 0.3 is 0 Å². The molecular weight excluding hydrogens is 352 g/mol. The van der Waals surface area contributed by atoms with Crippen LogP contribution in [0.5, 0.6) is 0 Å². The van der Waals surface area contributed by atoms with Gasteiger partial charge in [-0.2, -0.15) is 0 Å². The molecule has 1 fully saturated rings. The van der Waals surface area contributed by atoms with Crippen molar-refractivity contribution in [3.63, 3.8) is 0 Å². The summed E-state index contributed by atoms with van der Waals surface area (Å²) in [7, 11) is 0. The number of aliphatic hydroxyl groups excluding tert-OH is 1. The zero-order chi connectivity index (χ0) is 19.7. The van der Waals surface area contributed by atoms with Gasteiger partial charge in [-0.1, -0.05) is 42.5 Å². The molecule has 4 rings (SSSR count). The molecule has 2 aromatic carbocycles. The lowest BCUT2D eigenvalue weighted by atomic mass is 10.1. The van der Waals surface area contributed by atoms with Crippen molar-refractivity contribution in [2.75, 3.05) is 13.1 Å². The first-order valence-electron chi connectivity index (χ1n) is 9.96. The summed E-state index contributed by atoms with van der Waals surface area (Å²) < 4.78 is 0. The van der Waals surface area contributed by atoms with Crippen LogP contribution in [0.3, 0.4) is 0 Å². The molecule has 0 saturated heterocycles. The predicted molar refractivity (Wildman–Crippen MR) is 107 cm³/mol. The van der Waals surface area contributed by atoms with Gasteiger partial charge in [-0.3, -0.25) is 19.4 Å². The number of nitrogens with zero attached hydrogens (tertiary/aromatic N) is 2. The second-order valence-electron chi connectivity index (χ2n) is 7.91. The van der Waals surface area contributed by atoms with Crippen molar-refractivity contribution in [1.82, 2.24) is 9.80 Å². The maximum atomic E-state index is 12.6. The van der Waals surface area contributed by atoms with E-state index in [1.807, 2.05) is 18.2 Å². The Hall–Kier alpha value is -2.50. The van der Waals surface area contributed by atoms with Crippen LogP contribution in [0.1, 0.15) is 46.0 Å². The number of hydrogen-bond donors (Lipinski definition) is 1. The highest BCUT2D eigenvalue weighted by Crippen LogP contribution is 2.35. The maximum absolute atomic E-state index is 12.6. The molecule has 0 unspecified atom stereocenters. The molecular formula is C23H26N2O3. The fourth-order valence-corrected chi connectivity index (χ4v) is 4.01. The Labute approximate surface area is 165 Å².